The molecule has 5 rings (SSSR count). The summed E-state index contributed by atoms with van der Waals surface area (Å²) in [5.74, 6) is 0.624. The van der Waals surface area contributed by atoms with Gasteiger partial charge in [0.15, 0.2) is 0 Å². The average molecular weight is 435 g/mol. The standard InChI is InChI=1S/C27H26N6/c1-15(2)31-27(30)21-10-8-19-12-23(33-25(19)14-21)17-5-3-16(4-6-17)22-11-18-7-9-20(26(28)29)13-24(18)32-22/h3-15,32-33H,1-2H3,(H3,28,29)(H2,30,31). The average Bonchev–Trinajstić information content (AvgIpc) is 3.41. The molecule has 0 unspecified atom stereocenters. The highest BCUT2D eigenvalue weighted by Crippen LogP contribution is 2.29. The van der Waals surface area contributed by atoms with Crippen LogP contribution in [-0.4, -0.2) is 27.7 Å². The van der Waals surface area contributed by atoms with Crippen molar-refractivity contribution in [2.45, 2.75) is 19.9 Å². The molecule has 0 aliphatic heterocycles. The summed E-state index contributed by atoms with van der Waals surface area (Å²) < 4.78 is 0. The molecule has 164 valence electrons. The topological polar surface area (TPSA) is 120 Å². The normalized spacial score (nSPS) is 12.2. The molecule has 7 N–H and O–H groups in total. The second-order valence-electron chi connectivity index (χ2n) is 8.57. The van der Waals surface area contributed by atoms with Gasteiger partial charge in [0.2, 0.25) is 0 Å². The number of nitrogen functional groups attached to an aromatic ring is 1. The number of nitrogens with one attached hydrogen (secondary N) is 3. The van der Waals surface area contributed by atoms with Gasteiger partial charge in [-0.05, 0) is 49.2 Å². The first-order valence-electron chi connectivity index (χ1n) is 10.9. The van der Waals surface area contributed by atoms with Crippen LogP contribution in [0.5, 0.6) is 0 Å². The number of hydrogen-bond donors (Lipinski definition) is 5. The highest BCUT2D eigenvalue weighted by atomic mass is 14.9. The van der Waals surface area contributed by atoms with Crippen molar-refractivity contribution in [3.63, 3.8) is 0 Å². The number of nitrogens with two attached hydrogens (primary N) is 2. The van der Waals surface area contributed by atoms with Crippen LogP contribution in [0.15, 0.2) is 77.8 Å². The molecule has 0 radical (unpaired) electrons. The SMILES string of the molecule is CC(C)/N=C(\N)c1ccc2cc(-c3ccc(-c4cc5ccc(C(=N)N)cc5[nH]4)cc3)[nH]c2c1. The van der Waals surface area contributed by atoms with E-state index in [9.17, 15) is 0 Å². The Labute approximate surface area is 191 Å². The van der Waals surface area contributed by atoms with Crippen LogP contribution < -0.4 is 11.5 Å². The predicted molar refractivity (Wildman–Crippen MR) is 138 cm³/mol. The van der Waals surface area contributed by atoms with Crippen LogP contribution in [0.1, 0.15) is 25.0 Å². The van der Waals surface area contributed by atoms with E-state index in [2.05, 4.69) is 57.4 Å². The summed E-state index contributed by atoms with van der Waals surface area (Å²) in [6, 6.07) is 24.8. The van der Waals surface area contributed by atoms with Crippen LogP contribution in [0, 0.1) is 5.41 Å². The molecule has 3 aromatic carbocycles. The van der Waals surface area contributed by atoms with Crippen molar-refractivity contribution in [3.8, 4) is 22.5 Å². The van der Waals surface area contributed by atoms with E-state index in [-0.39, 0.29) is 11.9 Å². The van der Waals surface area contributed by atoms with Crippen LogP contribution in [0.3, 0.4) is 0 Å². The maximum Gasteiger partial charge on any atom is 0.125 e. The van der Waals surface area contributed by atoms with Gasteiger partial charge in [-0.3, -0.25) is 10.4 Å². The minimum Gasteiger partial charge on any atom is -0.384 e. The minimum absolute atomic E-state index is 0.0674. The molecule has 0 aliphatic rings. The van der Waals surface area contributed by atoms with Crippen molar-refractivity contribution >= 4 is 33.5 Å². The molecule has 0 fully saturated rings. The number of aliphatic imine (C=N–C) groups is 1. The van der Waals surface area contributed by atoms with Gasteiger partial charge in [-0.15, -0.1) is 0 Å². The van der Waals surface area contributed by atoms with Gasteiger partial charge in [-0.25, -0.2) is 0 Å². The fourth-order valence-electron chi connectivity index (χ4n) is 4.07. The molecule has 5 aromatic rings. The molecule has 0 saturated heterocycles. The Bertz CT molecular complexity index is 1520. The van der Waals surface area contributed by atoms with Crippen LogP contribution in [-0.2, 0) is 0 Å². The quantitative estimate of drug-likeness (QED) is 0.188. The van der Waals surface area contributed by atoms with E-state index in [0.29, 0.717) is 11.4 Å². The first-order valence-corrected chi connectivity index (χ1v) is 10.9. The van der Waals surface area contributed by atoms with Gasteiger partial charge in [0.25, 0.3) is 0 Å². The number of fused-ring (bicyclic) bond motifs is 2. The van der Waals surface area contributed by atoms with Crippen molar-refractivity contribution in [1.29, 1.82) is 5.41 Å². The third-order valence-corrected chi connectivity index (χ3v) is 5.76. The van der Waals surface area contributed by atoms with Crippen molar-refractivity contribution in [1.82, 2.24) is 9.97 Å². The van der Waals surface area contributed by atoms with Gasteiger partial charge in [0.05, 0.1) is 0 Å². The molecular weight excluding hydrogens is 408 g/mol. The highest BCUT2D eigenvalue weighted by Gasteiger charge is 2.09. The Morgan fingerprint density at radius 3 is 1.70 bits per heavy atom. The van der Waals surface area contributed by atoms with E-state index in [1.807, 2.05) is 44.2 Å². The molecule has 0 amide bonds. The fraction of sp³-hybridized carbons (Fsp3) is 0.111. The lowest BCUT2D eigenvalue weighted by Gasteiger charge is -2.03. The summed E-state index contributed by atoms with van der Waals surface area (Å²) in [4.78, 5) is 11.4. The van der Waals surface area contributed by atoms with E-state index in [0.717, 1.165) is 49.9 Å². The smallest absolute Gasteiger partial charge is 0.125 e. The molecule has 2 heterocycles. The Hall–Kier alpha value is -4.32. The van der Waals surface area contributed by atoms with Crippen LogP contribution in [0.4, 0.5) is 0 Å². The van der Waals surface area contributed by atoms with Crippen molar-refractivity contribution < 1.29 is 0 Å². The zero-order valence-corrected chi connectivity index (χ0v) is 18.6. The van der Waals surface area contributed by atoms with Gasteiger partial charge < -0.3 is 21.4 Å². The Balaban J connectivity index is 1.44. The number of hydrogen-bond acceptors (Lipinski definition) is 2. The first kappa shape index (κ1) is 20.6. The van der Waals surface area contributed by atoms with Gasteiger partial charge in [-0.2, -0.15) is 0 Å². The Kier molecular flexibility index (Phi) is 4.98. The number of benzene rings is 3. The number of rotatable bonds is 5. The van der Waals surface area contributed by atoms with Crippen LogP contribution >= 0.6 is 0 Å². The lowest BCUT2D eigenvalue weighted by molar-refractivity contribution is 0.834. The molecule has 0 atom stereocenters. The van der Waals surface area contributed by atoms with Crippen molar-refractivity contribution in [2.75, 3.05) is 0 Å². The molecule has 6 heteroatoms. The molecular formula is C27H26N6. The fourth-order valence-corrected chi connectivity index (χ4v) is 4.07. The predicted octanol–water partition coefficient (Wildman–Crippen LogP) is 5.38. The molecule has 0 saturated carbocycles. The molecule has 2 aromatic heterocycles. The second kappa shape index (κ2) is 7.98. The summed E-state index contributed by atoms with van der Waals surface area (Å²) >= 11 is 0. The molecule has 6 nitrogen and oxygen atoms in total. The third kappa shape index (κ3) is 3.99. The minimum atomic E-state index is 0.0674. The summed E-state index contributed by atoms with van der Waals surface area (Å²) in [5.41, 5.74) is 19.7. The van der Waals surface area contributed by atoms with Crippen molar-refractivity contribution in [2.24, 2.45) is 16.5 Å². The van der Waals surface area contributed by atoms with Crippen molar-refractivity contribution in [3.05, 3.63) is 83.9 Å². The van der Waals surface area contributed by atoms with Gasteiger partial charge in [0.1, 0.15) is 11.7 Å². The second-order valence-corrected chi connectivity index (χ2v) is 8.57. The summed E-state index contributed by atoms with van der Waals surface area (Å²) in [7, 11) is 0. The number of aromatic amines is 2. The Morgan fingerprint density at radius 1 is 0.727 bits per heavy atom. The number of aromatic nitrogens is 2. The zero-order valence-electron chi connectivity index (χ0n) is 18.6. The van der Waals surface area contributed by atoms with E-state index in [1.165, 1.54) is 0 Å². The third-order valence-electron chi connectivity index (χ3n) is 5.76. The summed E-state index contributed by atoms with van der Waals surface area (Å²) in [5, 5.41) is 9.86. The number of H-pyrrole nitrogens is 2. The summed E-state index contributed by atoms with van der Waals surface area (Å²) in [6.45, 7) is 4.03. The van der Waals surface area contributed by atoms with E-state index in [1.54, 1.807) is 0 Å². The number of amidine groups is 2. The van der Waals surface area contributed by atoms with Gasteiger partial charge in [0, 0.05) is 50.4 Å². The van der Waals surface area contributed by atoms with E-state index < -0.39 is 0 Å². The lowest BCUT2D eigenvalue weighted by Crippen LogP contribution is -2.15. The maximum absolute atomic E-state index is 7.64. The highest BCUT2D eigenvalue weighted by molar-refractivity contribution is 6.01. The number of nitrogens with zero attached hydrogens (tertiary/aromatic N) is 1. The lowest BCUT2D eigenvalue weighted by atomic mass is 10.1. The van der Waals surface area contributed by atoms with E-state index >= 15 is 0 Å². The Morgan fingerprint density at radius 2 is 1.21 bits per heavy atom. The largest absolute Gasteiger partial charge is 0.384 e. The molecule has 0 aliphatic carbocycles. The molecule has 0 bridgehead atoms. The van der Waals surface area contributed by atoms with Gasteiger partial charge >= 0.3 is 0 Å². The first-order chi connectivity index (χ1) is 15.9. The molecule has 0 spiro atoms. The van der Waals surface area contributed by atoms with E-state index in [4.69, 9.17) is 16.9 Å². The molecule has 33 heavy (non-hydrogen) atoms. The summed E-state index contributed by atoms with van der Waals surface area (Å²) in [6.07, 6.45) is 0. The monoisotopic (exact) mass is 434 g/mol. The van der Waals surface area contributed by atoms with Crippen LogP contribution in [0.25, 0.3) is 44.3 Å². The van der Waals surface area contributed by atoms with Gasteiger partial charge in [-0.1, -0.05) is 48.5 Å². The van der Waals surface area contributed by atoms with Crippen LogP contribution in [0.2, 0.25) is 0 Å². The zero-order chi connectivity index (χ0) is 23.1. The maximum atomic E-state index is 7.64.